The van der Waals surface area contributed by atoms with Crippen molar-refractivity contribution in [3.63, 3.8) is 0 Å². The molecule has 3 heteroatoms. The molecule has 0 rings (SSSR count). The monoisotopic (exact) mass is 444 g/mol. The highest BCUT2D eigenvalue weighted by Crippen LogP contribution is 2.13. The minimum atomic E-state index is -0.204. The van der Waals surface area contributed by atoms with Crippen LogP contribution in [0.25, 0.3) is 0 Å². The van der Waals surface area contributed by atoms with Gasteiger partial charge in [0.2, 0.25) is 0 Å². The Hall–Kier alpha value is -2.13. The van der Waals surface area contributed by atoms with E-state index in [9.17, 15) is 4.79 Å². The average molecular weight is 445 g/mol. The summed E-state index contributed by atoms with van der Waals surface area (Å²) in [6.45, 7) is 16.4. The van der Waals surface area contributed by atoms with Crippen LogP contribution in [0.3, 0.4) is 0 Å². The lowest BCUT2D eigenvalue weighted by atomic mass is 10.0. The molecule has 0 bridgehead atoms. The van der Waals surface area contributed by atoms with Gasteiger partial charge < -0.3 is 9.84 Å². The van der Waals surface area contributed by atoms with E-state index in [0.29, 0.717) is 6.61 Å². The SMILES string of the molecule is C=CC(=C)CCC=C(C)CCC=C(C)CCCC=CCCO.CC/C=C/CCOC(C)=O. The van der Waals surface area contributed by atoms with Gasteiger partial charge in [-0.2, -0.15) is 0 Å². The van der Waals surface area contributed by atoms with Crippen LogP contribution in [-0.4, -0.2) is 24.3 Å². The first kappa shape index (κ1) is 32.1. The summed E-state index contributed by atoms with van der Waals surface area (Å²) >= 11 is 0. The summed E-state index contributed by atoms with van der Waals surface area (Å²) in [7, 11) is 0. The van der Waals surface area contributed by atoms with Crippen molar-refractivity contribution in [3.8, 4) is 0 Å². The topological polar surface area (TPSA) is 46.5 Å². The predicted octanol–water partition coefficient (Wildman–Crippen LogP) is 8.20. The van der Waals surface area contributed by atoms with E-state index in [4.69, 9.17) is 9.84 Å². The molecule has 3 nitrogen and oxygen atoms in total. The zero-order chi connectivity index (χ0) is 24.5. The van der Waals surface area contributed by atoms with Gasteiger partial charge in [0.1, 0.15) is 0 Å². The molecule has 0 aromatic carbocycles. The lowest BCUT2D eigenvalue weighted by Gasteiger charge is -2.02. The van der Waals surface area contributed by atoms with Gasteiger partial charge in [0.25, 0.3) is 0 Å². The quantitative estimate of drug-likeness (QED) is 0.106. The summed E-state index contributed by atoms with van der Waals surface area (Å²) < 4.78 is 4.70. The summed E-state index contributed by atoms with van der Waals surface area (Å²) in [4.78, 5) is 10.2. The Balaban J connectivity index is 0. The second-order valence-corrected chi connectivity index (χ2v) is 7.92. The molecule has 0 aromatic heterocycles. The molecule has 0 aliphatic rings. The van der Waals surface area contributed by atoms with Gasteiger partial charge >= 0.3 is 5.97 Å². The fourth-order valence-corrected chi connectivity index (χ4v) is 2.72. The van der Waals surface area contributed by atoms with Crippen LogP contribution in [-0.2, 0) is 9.53 Å². The van der Waals surface area contributed by atoms with Crippen LogP contribution in [0.4, 0.5) is 0 Å². The molecule has 32 heavy (non-hydrogen) atoms. The van der Waals surface area contributed by atoms with E-state index in [1.807, 2.05) is 12.2 Å². The van der Waals surface area contributed by atoms with E-state index in [0.717, 1.165) is 56.9 Å². The number of esters is 1. The fourth-order valence-electron chi connectivity index (χ4n) is 2.72. The number of aliphatic hydroxyl groups excluding tert-OH is 1. The van der Waals surface area contributed by atoms with Crippen LogP contribution in [0.5, 0.6) is 0 Å². The average Bonchev–Trinajstić information content (AvgIpc) is 2.76. The maximum absolute atomic E-state index is 10.2. The third kappa shape index (κ3) is 27.9. The van der Waals surface area contributed by atoms with Gasteiger partial charge in [-0.1, -0.05) is 79.3 Å². The Morgan fingerprint density at radius 3 is 2.03 bits per heavy atom. The Kier molecular flexibility index (Phi) is 25.2. The molecule has 0 heterocycles. The van der Waals surface area contributed by atoms with Gasteiger partial charge in [-0.05, 0) is 78.1 Å². The number of carbonyl (C=O) groups excluding carboxylic acids is 1. The maximum atomic E-state index is 10.2. The summed E-state index contributed by atoms with van der Waals surface area (Å²) in [6.07, 6.45) is 25.3. The second kappa shape index (κ2) is 25.1. The highest BCUT2D eigenvalue weighted by atomic mass is 16.5. The molecule has 0 spiro atoms. The Morgan fingerprint density at radius 1 is 0.844 bits per heavy atom. The number of allylic oxidation sites excluding steroid dienone is 8. The van der Waals surface area contributed by atoms with E-state index < -0.39 is 0 Å². The van der Waals surface area contributed by atoms with Crippen LogP contribution >= 0.6 is 0 Å². The first-order valence-corrected chi connectivity index (χ1v) is 12.0. The van der Waals surface area contributed by atoms with Crippen molar-refractivity contribution in [2.24, 2.45) is 0 Å². The van der Waals surface area contributed by atoms with Gasteiger partial charge in [0, 0.05) is 13.5 Å². The largest absolute Gasteiger partial charge is 0.466 e. The number of hydrogen-bond acceptors (Lipinski definition) is 3. The fraction of sp³-hybridized carbons (Fsp3) is 0.552. The molecule has 0 unspecified atom stereocenters. The second-order valence-electron chi connectivity index (χ2n) is 7.92. The molecule has 1 N–H and O–H groups in total. The minimum Gasteiger partial charge on any atom is -0.466 e. The van der Waals surface area contributed by atoms with Crippen molar-refractivity contribution < 1.29 is 14.6 Å². The van der Waals surface area contributed by atoms with Gasteiger partial charge in [0.05, 0.1) is 6.61 Å². The molecule has 0 saturated carbocycles. The third-order valence-corrected chi connectivity index (χ3v) is 4.67. The van der Waals surface area contributed by atoms with Gasteiger partial charge in [0.15, 0.2) is 0 Å². The summed E-state index contributed by atoms with van der Waals surface area (Å²) in [6, 6.07) is 0. The van der Waals surface area contributed by atoms with Crippen molar-refractivity contribution >= 4 is 5.97 Å². The molecule has 0 amide bonds. The highest BCUT2D eigenvalue weighted by Gasteiger charge is 1.93. The molecule has 0 fully saturated rings. The van der Waals surface area contributed by atoms with Crippen molar-refractivity contribution in [1.29, 1.82) is 0 Å². The molecule has 182 valence electrons. The minimum absolute atomic E-state index is 0.204. The van der Waals surface area contributed by atoms with Crippen molar-refractivity contribution in [1.82, 2.24) is 0 Å². The van der Waals surface area contributed by atoms with Gasteiger partial charge in [-0.25, -0.2) is 0 Å². The zero-order valence-electron chi connectivity index (χ0n) is 21.2. The molecular formula is C29H48O3. The van der Waals surface area contributed by atoms with E-state index in [1.165, 1.54) is 30.9 Å². The predicted molar refractivity (Wildman–Crippen MR) is 141 cm³/mol. The standard InChI is InChI=1S/C21H34O.C8H14O2/c1-5-19(2)14-11-15-21(4)17-12-16-20(3)13-9-7-6-8-10-18-22;1-3-4-5-6-7-10-8(2)9/h5-6,8,15-16,22H,1-2,7,9-14,17-18H2,3-4H3;4-5H,3,6-7H2,1-2H3/b;5-4+. The van der Waals surface area contributed by atoms with Crippen LogP contribution in [0.15, 0.2) is 72.4 Å². The number of rotatable bonds is 17. The molecule has 0 radical (unpaired) electrons. The number of unbranched alkanes of at least 4 members (excludes halogenated alkanes) is 1. The number of hydrogen-bond donors (Lipinski definition) is 1. The summed E-state index contributed by atoms with van der Waals surface area (Å²) in [5, 5.41) is 8.67. The lowest BCUT2D eigenvalue weighted by Crippen LogP contribution is -1.98. The number of ether oxygens (including phenoxy) is 1. The van der Waals surface area contributed by atoms with E-state index in [2.05, 4.69) is 64.3 Å². The molecule has 0 aliphatic carbocycles. The number of carbonyl (C=O) groups is 1. The van der Waals surface area contributed by atoms with Crippen LogP contribution in [0.1, 0.15) is 91.9 Å². The van der Waals surface area contributed by atoms with Crippen molar-refractivity contribution in [2.75, 3.05) is 13.2 Å². The van der Waals surface area contributed by atoms with Crippen molar-refractivity contribution in [2.45, 2.75) is 91.9 Å². The molecular weight excluding hydrogens is 396 g/mol. The molecule has 0 atom stereocenters. The Bertz CT molecular complexity index is 606. The lowest BCUT2D eigenvalue weighted by molar-refractivity contribution is -0.140. The van der Waals surface area contributed by atoms with Gasteiger partial charge in [-0.15, -0.1) is 0 Å². The third-order valence-electron chi connectivity index (χ3n) is 4.67. The van der Waals surface area contributed by atoms with E-state index in [1.54, 1.807) is 0 Å². The highest BCUT2D eigenvalue weighted by molar-refractivity contribution is 5.65. The van der Waals surface area contributed by atoms with E-state index >= 15 is 0 Å². The number of aliphatic hydroxyl groups is 1. The van der Waals surface area contributed by atoms with Crippen LogP contribution in [0.2, 0.25) is 0 Å². The van der Waals surface area contributed by atoms with E-state index in [-0.39, 0.29) is 12.6 Å². The maximum Gasteiger partial charge on any atom is 0.302 e. The van der Waals surface area contributed by atoms with Crippen LogP contribution in [0, 0.1) is 0 Å². The Labute approximate surface area is 198 Å². The molecule has 0 aromatic rings. The zero-order valence-corrected chi connectivity index (χ0v) is 21.2. The first-order valence-electron chi connectivity index (χ1n) is 12.0. The molecule has 0 aliphatic heterocycles. The summed E-state index contributed by atoms with van der Waals surface area (Å²) in [5.74, 6) is -0.204. The normalized spacial score (nSPS) is 12.0. The Morgan fingerprint density at radius 2 is 1.44 bits per heavy atom. The first-order chi connectivity index (χ1) is 15.4. The van der Waals surface area contributed by atoms with Gasteiger partial charge in [-0.3, -0.25) is 4.79 Å². The molecule has 0 saturated heterocycles. The summed E-state index contributed by atoms with van der Waals surface area (Å²) in [5.41, 5.74) is 4.07. The van der Waals surface area contributed by atoms with Crippen LogP contribution < -0.4 is 0 Å². The smallest absolute Gasteiger partial charge is 0.302 e. The van der Waals surface area contributed by atoms with Crippen molar-refractivity contribution in [3.05, 3.63) is 72.4 Å².